The summed E-state index contributed by atoms with van der Waals surface area (Å²) in [5, 5.41) is 2.71. The molecule has 29 heavy (non-hydrogen) atoms. The summed E-state index contributed by atoms with van der Waals surface area (Å²) in [5.41, 5.74) is -1.77. The monoisotopic (exact) mass is 429 g/mol. The van der Waals surface area contributed by atoms with E-state index in [-0.39, 0.29) is 11.3 Å². The van der Waals surface area contributed by atoms with E-state index in [0.29, 0.717) is 18.7 Å². The van der Waals surface area contributed by atoms with Crippen LogP contribution in [0.2, 0.25) is 0 Å². The van der Waals surface area contributed by atoms with Gasteiger partial charge in [-0.3, -0.25) is 9.69 Å². The van der Waals surface area contributed by atoms with Crippen molar-refractivity contribution in [3.8, 4) is 0 Å². The number of thioether (sulfide) groups is 1. The highest BCUT2D eigenvalue weighted by molar-refractivity contribution is 8.00. The number of hydrogen-bond donors (Lipinski definition) is 1. The Kier molecular flexibility index (Phi) is 6.52. The molecular formula is C19H31N3O6S. The van der Waals surface area contributed by atoms with Crippen molar-refractivity contribution in [2.75, 3.05) is 32.5 Å². The maximum Gasteiger partial charge on any atom is 0.509 e. The summed E-state index contributed by atoms with van der Waals surface area (Å²) < 4.78 is 15.3. The fourth-order valence-electron chi connectivity index (χ4n) is 4.12. The molecule has 3 aliphatic heterocycles. The molecule has 0 bridgehead atoms. The van der Waals surface area contributed by atoms with Crippen LogP contribution in [0.15, 0.2) is 0 Å². The van der Waals surface area contributed by atoms with E-state index in [1.807, 2.05) is 0 Å². The lowest BCUT2D eigenvalue weighted by Crippen LogP contribution is -2.62. The number of carbonyl (C=O) groups is 3. The van der Waals surface area contributed by atoms with E-state index in [9.17, 15) is 14.4 Å². The van der Waals surface area contributed by atoms with Gasteiger partial charge in [0.25, 0.3) is 5.91 Å². The minimum Gasteiger partial charge on any atom is -0.444 e. The summed E-state index contributed by atoms with van der Waals surface area (Å²) in [6.45, 7) is 7.57. The number of likely N-dealkylation sites (tertiary alicyclic amines) is 1. The molecule has 3 atom stereocenters. The largest absolute Gasteiger partial charge is 0.509 e. The number of fused-ring (bicyclic) bond motifs is 1. The van der Waals surface area contributed by atoms with Gasteiger partial charge in [0.1, 0.15) is 11.1 Å². The molecule has 0 saturated carbocycles. The highest BCUT2D eigenvalue weighted by Gasteiger charge is 2.59. The number of alkyl carbamates (subject to hydrolysis) is 1. The van der Waals surface area contributed by atoms with E-state index in [0.717, 1.165) is 25.9 Å². The Morgan fingerprint density at radius 1 is 1.24 bits per heavy atom. The third kappa shape index (κ3) is 5.09. The van der Waals surface area contributed by atoms with Crippen molar-refractivity contribution in [2.24, 2.45) is 0 Å². The summed E-state index contributed by atoms with van der Waals surface area (Å²) >= 11 is 1.54. The summed E-state index contributed by atoms with van der Waals surface area (Å²) in [6.07, 6.45) is 1.63. The molecule has 0 aromatic rings. The highest BCUT2D eigenvalue weighted by atomic mass is 32.2. The van der Waals surface area contributed by atoms with E-state index >= 15 is 0 Å². The number of methoxy groups -OCH3 is 1. The number of hydrogen-bond acceptors (Lipinski definition) is 8. The third-order valence-corrected chi connectivity index (χ3v) is 6.56. The number of ether oxygens (including phenoxy) is 3. The average Bonchev–Trinajstić information content (AvgIpc) is 3.12. The lowest BCUT2D eigenvalue weighted by Gasteiger charge is -2.37. The van der Waals surface area contributed by atoms with Crippen molar-refractivity contribution in [1.29, 1.82) is 0 Å². The number of piperidine rings is 1. The number of carbonyl (C=O) groups excluding carboxylic acids is 3. The molecular weight excluding hydrogens is 398 g/mol. The van der Waals surface area contributed by atoms with Gasteiger partial charge < -0.3 is 24.4 Å². The standard InChI is InChI=1S/C19H31N3O6S/c1-18(2,3)28-16(24)20-19(12-21-8-6-5-7-9-21)10-14-22(15(19)23)13(11-29-14)27-17(25)26-4/h13-14H,5-12H2,1-4H3,(H,20,24)/t13-,14+,19+/m1/s1. The van der Waals surface area contributed by atoms with Crippen LogP contribution in [0.5, 0.6) is 0 Å². The Hall–Kier alpha value is -1.68. The minimum atomic E-state index is -1.10. The van der Waals surface area contributed by atoms with Crippen LogP contribution in [0, 0.1) is 0 Å². The predicted octanol–water partition coefficient (Wildman–Crippen LogP) is 2.15. The third-order valence-electron chi connectivity index (χ3n) is 5.30. The second kappa shape index (κ2) is 8.59. The molecule has 0 radical (unpaired) electrons. The van der Waals surface area contributed by atoms with Crippen LogP contribution in [-0.4, -0.2) is 83.2 Å². The van der Waals surface area contributed by atoms with Crippen molar-refractivity contribution < 1.29 is 28.6 Å². The molecule has 0 unspecified atom stereocenters. The highest BCUT2D eigenvalue weighted by Crippen LogP contribution is 2.43. The second-order valence-corrected chi connectivity index (χ2v) is 9.99. The molecule has 3 fully saturated rings. The molecule has 3 heterocycles. The summed E-state index contributed by atoms with van der Waals surface area (Å²) in [4.78, 5) is 41.5. The molecule has 3 saturated heterocycles. The molecule has 0 aromatic carbocycles. The Balaban J connectivity index is 1.80. The second-order valence-electron chi connectivity index (χ2n) is 8.78. The molecule has 164 valence electrons. The van der Waals surface area contributed by atoms with Gasteiger partial charge in [-0.2, -0.15) is 0 Å². The van der Waals surface area contributed by atoms with Crippen molar-refractivity contribution in [3.05, 3.63) is 0 Å². The molecule has 10 heteroatoms. The Morgan fingerprint density at radius 3 is 2.55 bits per heavy atom. The molecule has 0 aromatic heterocycles. The zero-order valence-corrected chi connectivity index (χ0v) is 18.4. The normalized spacial score (nSPS) is 30.1. The van der Waals surface area contributed by atoms with E-state index in [1.54, 1.807) is 37.4 Å². The van der Waals surface area contributed by atoms with Crippen LogP contribution < -0.4 is 5.32 Å². The molecule has 0 aliphatic carbocycles. The van der Waals surface area contributed by atoms with Crippen LogP contribution in [0.3, 0.4) is 0 Å². The Morgan fingerprint density at radius 2 is 1.93 bits per heavy atom. The SMILES string of the molecule is COC(=O)O[C@@H]1CS[C@H]2C[C@@](CN3CCCCC3)(NC(=O)OC(C)(C)C)C(=O)N21. The lowest BCUT2D eigenvalue weighted by molar-refractivity contribution is -0.142. The molecule has 3 aliphatic rings. The number of nitrogens with one attached hydrogen (secondary N) is 1. The minimum absolute atomic E-state index is 0.170. The van der Waals surface area contributed by atoms with Gasteiger partial charge in [0.2, 0.25) is 0 Å². The van der Waals surface area contributed by atoms with E-state index < -0.39 is 29.6 Å². The smallest absolute Gasteiger partial charge is 0.444 e. The number of rotatable bonds is 4. The molecule has 1 N–H and O–H groups in total. The topological polar surface area (TPSA) is 97.4 Å². The van der Waals surface area contributed by atoms with Gasteiger partial charge in [0.15, 0.2) is 6.23 Å². The fourth-order valence-corrected chi connectivity index (χ4v) is 5.53. The Bertz CT molecular complexity index is 648. The first-order chi connectivity index (χ1) is 13.6. The van der Waals surface area contributed by atoms with Crippen molar-refractivity contribution in [1.82, 2.24) is 15.1 Å². The van der Waals surface area contributed by atoms with Crippen molar-refractivity contribution in [2.45, 2.75) is 69.2 Å². The zero-order valence-electron chi connectivity index (χ0n) is 17.6. The molecule has 9 nitrogen and oxygen atoms in total. The molecule has 0 spiro atoms. The van der Waals surface area contributed by atoms with Gasteiger partial charge >= 0.3 is 12.2 Å². The van der Waals surface area contributed by atoms with Crippen molar-refractivity contribution in [3.63, 3.8) is 0 Å². The molecule has 3 rings (SSSR count). The van der Waals surface area contributed by atoms with Crippen LogP contribution in [0.25, 0.3) is 0 Å². The van der Waals surface area contributed by atoms with Crippen LogP contribution >= 0.6 is 11.8 Å². The van der Waals surface area contributed by atoms with E-state index in [1.165, 1.54) is 13.5 Å². The first kappa shape index (κ1) is 22.0. The first-order valence-corrected chi connectivity index (χ1v) is 11.1. The summed E-state index contributed by atoms with van der Waals surface area (Å²) in [7, 11) is 1.23. The Labute approximate surface area is 175 Å². The predicted molar refractivity (Wildman–Crippen MR) is 107 cm³/mol. The van der Waals surface area contributed by atoms with Gasteiger partial charge in [-0.05, 0) is 46.7 Å². The van der Waals surface area contributed by atoms with E-state index in [4.69, 9.17) is 9.47 Å². The number of nitrogens with zero attached hydrogens (tertiary/aromatic N) is 2. The number of amides is 2. The maximum atomic E-state index is 13.5. The average molecular weight is 430 g/mol. The van der Waals surface area contributed by atoms with E-state index in [2.05, 4.69) is 15.0 Å². The quantitative estimate of drug-likeness (QED) is 0.679. The van der Waals surface area contributed by atoms with Gasteiger partial charge in [-0.15, -0.1) is 11.8 Å². The fraction of sp³-hybridized carbons (Fsp3) is 0.842. The maximum absolute atomic E-state index is 13.5. The van der Waals surface area contributed by atoms with Gasteiger partial charge in [0.05, 0.1) is 18.2 Å². The summed E-state index contributed by atoms with van der Waals surface area (Å²) in [6, 6.07) is 0. The van der Waals surface area contributed by atoms with Gasteiger partial charge in [-0.25, -0.2) is 9.59 Å². The van der Waals surface area contributed by atoms with Gasteiger partial charge in [-0.1, -0.05) is 6.42 Å². The molecule has 2 amide bonds. The van der Waals surface area contributed by atoms with Crippen LogP contribution in [-0.2, 0) is 19.0 Å². The lowest BCUT2D eigenvalue weighted by atomic mass is 9.95. The van der Waals surface area contributed by atoms with Gasteiger partial charge in [0, 0.05) is 13.0 Å². The van der Waals surface area contributed by atoms with Crippen LogP contribution in [0.4, 0.5) is 9.59 Å². The van der Waals surface area contributed by atoms with Crippen molar-refractivity contribution >= 4 is 29.9 Å². The first-order valence-electron chi connectivity index (χ1n) is 10.1. The zero-order chi connectivity index (χ0) is 21.2. The summed E-state index contributed by atoms with van der Waals surface area (Å²) in [5.74, 6) is 0.246. The van der Waals surface area contributed by atoms with Crippen LogP contribution in [0.1, 0.15) is 46.5 Å².